The summed E-state index contributed by atoms with van der Waals surface area (Å²) in [4.78, 5) is 13.4. The lowest BCUT2D eigenvalue weighted by atomic mass is 9.85. The maximum Gasteiger partial charge on any atom is 0.262 e. The average molecular weight is 539 g/mol. The lowest BCUT2D eigenvalue weighted by Crippen LogP contribution is -2.43. The summed E-state index contributed by atoms with van der Waals surface area (Å²) in [6, 6.07) is 28.6. The number of ether oxygens (including phenoxy) is 1. The van der Waals surface area contributed by atoms with Crippen LogP contribution in [0.5, 0.6) is 5.75 Å². The van der Waals surface area contributed by atoms with Gasteiger partial charge in [-0.05, 0) is 73.9 Å². The molecule has 6 nitrogen and oxygen atoms in total. The van der Waals surface area contributed by atoms with E-state index in [4.69, 9.17) is 4.74 Å². The molecular weight excluding hydrogens is 508 g/mol. The van der Waals surface area contributed by atoms with E-state index in [-0.39, 0.29) is 16.2 Å². The summed E-state index contributed by atoms with van der Waals surface area (Å²) in [7, 11) is -2.25. The molecule has 0 aliphatic carbocycles. The van der Waals surface area contributed by atoms with Crippen molar-refractivity contribution >= 4 is 27.2 Å². The summed E-state index contributed by atoms with van der Waals surface area (Å²) in [6.45, 7) is 4.19. The third kappa shape index (κ3) is 5.73. The summed E-state index contributed by atoms with van der Waals surface area (Å²) < 4.78 is 34.6. The molecule has 4 aromatic carbocycles. The molecule has 0 amide bonds. The Kier molecular flexibility index (Phi) is 7.02. The maximum atomic E-state index is 13.3. The third-order valence-electron chi connectivity index (χ3n) is 6.67. The summed E-state index contributed by atoms with van der Waals surface area (Å²) in [6.07, 6.45) is 2.41. The van der Waals surface area contributed by atoms with Gasteiger partial charge in [0.1, 0.15) is 5.75 Å². The van der Waals surface area contributed by atoms with Gasteiger partial charge >= 0.3 is 0 Å². The Balaban J connectivity index is 1.39. The molecule has 4 aromatic rings. The molecule has 0 unspecified atom stereocenters. The molecule has 198 valence electrons. The molecule has 7 heteroatoms. The van der Waals surface area contributed by atoms with Crippen LogP contribution in [0, 0.1) is 0 Å². The molecule has 2 N–H and O–H groups in total. The van der Waals surface area contributed by atoms with Crippen LogP contribution in [0.4, 0.5) is 5.69 Å². The van der Waals surface area contributed by atoms with Crippen LogP contribution in [-0.2, 0) is 16.4 Å². The van der Waals surface area contributed by atoms with Crippen LogP contribution in [0.2, 0.25) is 0 Å². The second-order valence-corrected chi connectivity index (χ2v) is 11.8. The third-order valence-corrected chi connectivity index (χ3v) is 8.11. The van der Waals surface area contributed by atoms with E-state index in [0.717, 1.165) is 34.6 Å². The van der Waals surface area contributed by atoms with Crippen LogP contribution >= 0.6 is 0 Å². The zero-order chi connectivity index (χ0) is 27.6. The molecule has 1 aliphatic heterocycles. The Morgan fingerprint density at radius 3 is 2.31 bits per heavy atom. The van der Waals surface area contributed by atoms with Crippen molar-refractivity contribution in [2.24, 2.45) is 0 Å². The van der Waals surface area contributed by atoms with Crippen LogP contribution in [0.25, 0.3) is 16.8 Å². The summed E-state index contributed by atoms with van der Waals surface area (Å²) in [5, 5.41) is 3.47. The van der Waals surface area contributed by atoms with Crippen LogP contribution in [0.3, 0.4) is 0 Å². The monoisotopic (exact) mass is 538 g/mol. The zero-order valence-electron chi connectivity index (χ0n) is 22.1. The highest BCUT2D eigenvalue weighted by atomic mass is 32.2. The van der Waals surface area contributed by atoms with Gasteiger partial charge in [0.2, 0.25) is 0 Å². The summed E-state index contributed by atoms with van der Waals surface area (Å²) in [5.74, 6) is 0.534. The quantitative estimate of drug-likeness (QED) is 0.213. The lowest BCUT2D eigenvalue weighted by molar-refractivity contribution is 0.104. The Labute approximate surface area is 229 Å². The van der Waals surface area contributed by atoms with Gasteiger partial charge in [-0.1, -0.05) is 54.6 Å². The highest BCUT2D eigenvalue weighted by molar-refractivity contribution is 7.92. The van der Waals surface area contributed by atoms with Crippen molar-refractivity contribution in [3.63, 3.8) is 0 Å². The van der Waals surface area contributed by atoms with Crippen molar-refractivity contribution in [1.82, 2.24) is 5.32 Å². The fourth-order valence-corrected chi connectivity index (χ4v) is 6.13. The fourth-order valence-electron chi connectivity index (χ4n) is 4.84. The molecule has 0 spiro atoms. The number of methoxy groups -OCH3 is 1. The highest BCUT2D eigenvalue weighted by Gasteiger charge is 2.28. The number of nitrogens with one attached hydrogen (secondary N) is 2. The summed E-state index contributed by atoms with van der Waals surface area (Å²) >= 11 is 0. The zero-order valence-corrected chi connectivity index (χ0v) is 22.9. The van der Waals surface area contributed by atoms with Crippen molar-refractivity contribution < 1.29 is 17.9 Å². The van der Waals surface area contributed by atoms with Crippen LogP contribution in [0.15, 0.2) is 108 Å². The number of sulfonamides is 1. The molecular formula is C32H30N2O4S. The van der Waals surface area contributed by atoms with E-state index in [9.17, 15) is 13.2 Å². The van der Waals surface area contributed by atoms with Gasteiger partial charge in [0, 0.05) is 39.7 Å². The number of carbonyl (C=O) groups excluding carboxylic acids is 1. The molecule has 0 fully saturated rings. The molecule has 0 radical (unpaired) electrons. The number of hydrogen-bond donors (Lipinski definition) is 2. The fraction of sp³-hybridized carbons (Fsp3) is 0.156. The highest BCUT2D eigenvalue weighted by Crippen LogP contribution is 2.33. The second-order valence-electron chi connectivity index (χ2n) is 10.2. The molecule has 0 aromatic heterocycles. The van der Waals surface area contributed by atoms with E-state index in [0.29, 0.717) is 16.8 Å². The second kappa shape index (κ2) is 10.4. The minimum Gasteiger partial charge on any atom is -0.497 e. The minimum absolute atomic E-state index is 0.182. The number of anilines is 1. The van der Waals surface area contributed by atoms with Gasteiger partial charge in [-0.2, -0.15) is 0 Å². The van der Waals surface area contributed by atoms with Crippen molar-refractivity contribution in [3.8, 4) is 16.9 Å². The number of benzene rings is 4. The van der Waals surface area contributed by atoms with E-state index in [1.54, 1.807) is 55.7 Å². The van der Waals surface area contributed by atoms with Crippen molar-refractivity contribution in [1.29, 1.82) is 0 Å². The molecule has 5 rings (SSSR count). The molecule has 39 heavy (non-hydrogen) atoms. The van der Waals surface area contributed by atoms with Crippen molar-refractivity contribution in [2.75, 3.05) is 11.8 Å². The Bertz CT molecular complexity index is 1660. The molecule has 1 aliphatic rings. The first kappa shape index (κ1) is 26.3. The van der Waals surface area contributed by atoms with E-state index >= 15 is 0 Å². The molecule has 0 atom stereocenters. The number of hydrogen-bond acceptors (Lipinski definition) is 5. The SMILES string of the molecule is COc1ccc2c(c1)/C(=C/C(=O)c1ccc(NS(=O)(=O)c3ccccc3-c3ccccc3)cc1)NC(C)(C)C2. The standard InChI is InChI=1S/C32H30N2O4S/c1-32(2)21-24-15-18-26(38-3)19-28(24)29(33-32)20-30(35)23-13-16-25(17-14-23)34-39(36,37)31-12-8-7-11-27(31)22-9-5-4-6-10-22/h4-20,33-34H,21H2,1-3H3/b29-20-. The van der Waals surface area contributed by atoms with Gasteiger partial charge in [-0.15, -0.1) is 0 Å². The topological polar surface area (TPSA) is 84.5 Å². The Hall–Kier alpha value is -4.36. The molecule has 1 heterocycles. The van der Waals surface area contributed by atoms with Crippen LogP contribution < -0.4 is 14.8 Å². The van der Waals surface area contributed by atoms with E-state index in [1.807, 2.05) is 54.6 Å². The smallest absolute Gasteiger partial charge is 0.262 e. The minimum atomic E-state index is -3.87. The first-order valence-electron chi connectivity index (χ1n) is 12.6. The average Bonchev–Trinajstić information content (AvgIpc) is 2.93. The predicted molar refractivity (Wildman–Crippen MR) is 155 cm³/mol. The van der Waals surface area contributed by atoms with E-state index in [2.05, 4.69) is 23.9 Å². The Morgan fingerprint density at radius 1 is 0.897 bits per heavy atom. The molecule has 0 saturated heterocycles. The first-order chi connectivity index (χ1) is 18.6. The number of fused-ring (bicyclic) bond motifs is 1. The van der Waals surface area contributed by atoms with Gasteiger partial charge in [-0.25, -0.2) is 8.42 Å². The largest absolute Gasteiger partial charge is 0.497 e. The maximum absolute atomic E-state index is 13.3. The van der Waals surface area contributed by atoms with Gasteiger partial charge in [0.25, 0.3) is 10.0 Å². The van der Waals surface area contributed by atoms with Gasteiger partial charge in [0.05, 0.1) is 12.0 Å². The van der Waals surface area contributed by atoms with Crippen molar-refractivity contribution in [2.45, 2.75) is 30.7 Å². The van der Waals surface area contributed by atoms with Gasteiger partial charge in [0.15, 0.2) is 5.78 Å². The van der Waals surface area contributed by atoms with Gasteiger partial charge in [-0.3, -0.25) is 9.52 Å². The number of ketones is 1. The Morgan fingerprint density at radius 2 is 1.59 bits per heavy atom. The lowest BCUT2D eigenvalue weighted by Gasteiger charge is -2.35. The van der Waals surface area contributed by atoms with E-state index in [1.165, 1.54) is 0 Å². The number of allylic oxidation sites excluding steroid dienone is 1. The number of carbonyl (C=O) groups is 1. The van der Waals surface area contributed by atoms with Gasteiger partial charge < -0.3 is 10.1 Å². The molecule has 0 saturated carbocycles. The summed E-state index contributed by atoms with van der Waals surface area (Å²) in [5.41, 5.74) is 4.83. The normalized spacial score (nSPS) is 15.2. The number of rotatable bonds is 7. The van der Waals surface area contributed by atoms with Crippen molar-refractivity contribution in [3.05, 3.63) is 120 Å². The predicted octanol–water partition coefficient (Wildman–Crippen LogP) is 6.31. The van der Waals surface area contributed by atoms with Crippen LogP contribution in [-0.4, -0.2) is 26.8 Å². The van der Waals surface area contributed by atoms with E-state index < -0.39 is 10.0 Å². The first-order valence-corrected chi connectivity index (χ1v) is 14.1. The molecule has 0 bridgehead atoms. The van der Waals surface area contributed by atoms with Crippen LogP contribution in [0.1, 0.15) is 35.3 Å².